The Labute approximate surface area is 190 Å². The highest BCUT2D eigenvalue weighted by Crippen LogP contribution is 2.21. The number of carbonyl (C=O) groups is 1. The maximum Gasteiger partial charge on any atom is 0.265 e. The van der Waals surface area contributed by atoms with E-state index in [4.69, 9.17) is 4.74 Å². The molecule has 0 bridgehead atoms. The van der Waals surface area contributed by atoms with E-state index in [9.17, 15) is 13.2 Å². The number of halogens is 1. The Kier molecular flexibility index (Phi) is 7.35. The van der Waals surface area contributed by atoms with Gasteiger partial charge in [0.25, 0.3) is 15.9 Å². The number of nitrogens with one attached hydrogen (secondary N) is 2. The molecule has 31 heavy (non-hydrogen) atoms. The normalized spacial score (nSPS) is 12.1. The van der Waals surface area contributed by atoms with Gasteiger partial charge in [0.1, 0.15) is 5.75 Å². The molecule has 2 N–H and O–H groups in total. The summed E-state index contributed by atoms with van der Waals surface area (Å²) in [6.07, 6.45) is -0.173. The molecular formula is C23H23BrN2O4S. The largest absolute Gasteiger partial charge is 0.481 e. The van der Waals surface area contributed by atoms with Crippen molar-refractivity contribution < 1.29 is 17.9 Å². The standard InChI is InChI=1S/C23H23BrN2O4S/c1-3-22(30-20-6-4-5-16(2)15-20)23(27)25-18-11-13-21(14-12-18)31(28,29)26-19-9-7-17(24)8-10-19/h4-15,22,26H,3H2,1-2H3,(H,25,27)/t22-/m0/s1. The quantitative estimate of drug-likeness (QED) is 0.434. The van der Waals surface area contributed by atoms with Gasteiger partial charge >= 0.3 is 0 Å². The molecule has 162 valence electrons. The predicted molar refractivity (Wildman–Crippen MR) is 126 cm³/mol. The number of ether oxygens (including phenoxy) is 1. The van der Waals surface area contributed by atoms with Gasteiger partial charge in [-0.05, 0) is 79.6 Å². The molecule has 0 spiro atoms. The van der Waals surface area contributed by atoms with E-state index in [1.807, 2.05) is 32.0 Å². The van der Waals surface area contributed by atoms with Crippen molar-refractivity contribution in [2.24, 2.45) is 0 Å². The number of rotatable bonds is 8. The van der Waals surface area contributed by atoms with Gasteiger partial charge in [-0.25, -0.2) is 8.42 Å². The molecule has 0 unspecified atom stereocenters. The lowest BCUT2D eigenvalue weighted by atomic mass is 10.2. The molecule has 0 aromatic heterocycles. The van der Waals surface area contributed by atoms with Crippen LogP contribution in [0.1, 0.15) is 18.9 Å². The molecule has 3 aromatic carbocycles. The van der Waals surface area contributed by atoms with Crippen molar-refractivity contribution in [1.29, 1.82) is 0 Å². The van der Waals surface area contributed by atoms with Crippen LogP contribution in [0.2, 0.25) is 0 Å². The molecule has 0 aliphatic heterocycles. The average molecular weight is 503 g/mol. The summed E-state index contributed by atoms with van der Waals surface area (Å²) in [4.78, 5) is 12.7. The van der Waals surface area contributed by atoms with Crippen LogP contribution in [0.5, 0.6) is 5.75 Å². The van der Waals surface area contributed by atoms with Gasteiger partial charge in [0.15, 0.2) is 6.10 Å². The molecule has 0 radical (unpaired) electrons. The second kappa shape index (κ2) is 9.98. The summed E-state index contributed by atoms with van der Waals surface area (Å²) in [5, 5.41) is 2.78. The van der Waals surface area contributed by atoms with Crippen molar-refractivity contribution in [2.45, 2.75) is 31.3 Å². The number of aryl methyl sites for hydroxylation is 1. The third-order valence-electron chi connectivity index (χ3n) is 4.46. The number of benzene rings is 3. The fourth-order valence-corrected chi connectivity index (χ4v) is 4.17. The van der Waals surface area contributed by atoms with Crippen LogP contribution in [0.3, 0.4) is 0 Å². The van der Waals surface area contributed by atoms with Crippen LogP contribution in [0, 0.1) is 6.92 Å². The minimum absolute atomic E-state index is 0.0940. The lowest BCUT2D eigenvalue weighted by molar-refractivity contribution is -0.122. The Morgan fingerprint density at radius 3 is 2.26 bits per heavy atom. The predicted octanol–water partition coefficient (Wildman–Crippen LogP) is 5.35. The average Bonchev–Trinajstić information content (AvgIpc) is 2.74. The van der Waals surface area contributed by atoms with Crippen LogP contribution in [0.25, 0.3) is 0 Å². The highest BCUT2D eigenvalue weighted by molar-refractivity contribution is 9.10. The van der Waals surface area contributed by atoms with Gasteiger partial charge in [0.05, 0.1) is 4.90 Å². The molecule has 0 saturated heterocycles. The van der Waals surface area contributed by atoms with Gasteiger partial charge in [-0.15, -0.1) is 0 Å². The topological polar surface area (TPSA) is 84.5 Å². The first-order valence-electron chi connectivity index (χ1n) is 9.69. The third kappa shape index (κ3) is 6.32. The molecule has 8 heteroatoms. The number of amides is 1. The molecule has 0 aliphatic carbocycles. The van der Waals surface area contributed by atoms with Crippen LogP contribution in [0.15, 0.2) is 82.2 Å². The Hall–Kier alpha value is -2.84. The van der Waals surface area contributed by atoms with Crippen LogP contribution < -0.4 is 14.8 Å². The summed E-state index contributed by atoms with van der Waals surface area (Å²) < 4.78 is 34.3. The van der Waals surface area contributed by atoms with Crippen molar-refractivity contribution >= 4 is 43.2 Å². The minimum atomic E-state index is -3.74. The van der Waals surface area contributed by atoms with Crippen molar-refractivity contribution in [3.63, 3.8) is 0 Å². The Bertz CT molecular complexity index is 1150. The molecular weight excluding hydrogens is 480 g/mol. The van der Waals surface area contributed by atoms with Gasteiger partial charge in [-0.2, -0.15) is 0 Å². The number of anilines is 2. The lowest BCUT2D eigenvalue weighted by Gasteiger charge is -2.18. The minimum Gasteiger partial charge on any atom is -0.481 e. The summed E-state index contributed by atoms with van der Waals surface area (Å²) >= 11 is 3.31. The Balaban J connectivity index is 1.66. The van der Waals surface area contributed by atoms with E-state index < -0.39 is 16.1 Å². The van der Waals surface area contributed by atoms with Crippen LogP contribution in [-0.4, -0.2) is 20.4 Å². The zero-order chi connectivity index (χ0) is 22.4. The molecule has 0 saturated carbocycles. The second-order valence-electron chi connectivity index (χ2n) is 6.96. The van der Waals surface area contributed by atoms with E-state index >= 15 is 0 Å². The molecule has 6 nitrogen and oxygen atoms in total. The molecule has 0 heterocycles. The summed E-state index contributed by atoms with van der Waals surface area (Å²) in [5.74, 6) is 0.329. The van der Waals surface area contributed by atoms with Gasteiger partial charge in [0.2, 0.25) is 0 Å². The van der Waals surface area contributed by atoms with E-state index in [1.54, 1.807) is 42.5 Å². The Morgan fingerprint density at radius 2 is 1.65 bits per heavy atom. The van der Waals surface area contributed by atoms with Crippen molar-refractivity contribution in [1.82, 2.24) is 0 Å². The molecule has 1 amide bonds. The Morgan fingerprint density at radius 1 is 1.00 bits per heavy atom. The number of sulfonamides is 1. The van der Waals surface area contributed by atoms with Gasteiger partial charge in [-0.1, -0.05) is 35.0 Å². The summed E-state index contributed by atoms with van der Waals surface area (Å²) in [6.45, 7) is 3.82. The van der Waals surface area contributed by atoms with Crippen LogP contribution >= 0.6 is 15.9 Å². The van der Waals surface area contributed by atoms with E-state index in [2.05, 4.69) is 26.0 Å². The number of hydrogen-bond donors (Lipinski definition) is 2. The molecule has 0 aliphatic rings. The first kappa shape index (κ1) is 22.8. The number of carbonyl (C=O) groups excluding carboxylic acids is 1. The summed E-state index contributed by atoms with van der Waals surface area (Å²) in [7, 11) is -3.74. The van der Waals surface area contributed by atoms with Gasteiger partial charge < -0.3 is 10.1 Å². The smallest absolute Gasteiger partial charge is 0.265 e. The monoisotopic (exact) mass is 502 g/mol. The fourth-order valence-electron chi connectivity index (χ4n) is 2.85. The fraction of sp³-hybridized carbons (Fsp3) is 0.174. The van der Waals surface area contributed by atoms with E-state index in [0.29, 0.717) is 23.5 Å². The summed E-state index contributed by atoms with van der Waals surface area (Å²) in [5.41, 5.74) is 1.99. The second-order valence-corrected chi connectivity index (χ2v) is 9.56. The van der Waals surface area contributed by atoms with Crippen LogP contribution in [-0.2, 0) is 14.8 Å². The highest BCUT2D eigenvalue weighted by atomic mass is 79.9. The number of hydrogen-bond acceptors (Lipinski definition) is 4. The molecule has 1 atom stereocenters. The van der Waals surface area contributed by atoms with Gasteiger partial charge in [-0.3, -0.25) is 9.52 Å². The van der Waals surface area contributed by atoms with E-state index in [0.717, 1.165) is 10.0 Å². The maximum atomic E-state index is 12.6. The molecule has 3 aromatic rings. The van der Waals surface area contributed by atoms with Crippen molar-refractivity contribution in [2.75, 3.05) is 10.0 Å². The first-order chi connectivity index (χ1) is 14.8. The van der Waals surface area contributed by atoms with E-state index in [-0.39, 0.29) is 10.8 Å². The molecule has 3 rings (SSSR count). The SMILES string of the molecule is CC[C@H](Oc1cccc(C)c1)C(=O)Nc1ccc(S(=O)(=O)Nc2ccc(Br)cc2)cc1. The molecule has 0 fully saturated rings. The van der Waals surface area contributed by atoms with Gasteiger partial charge in [0, 0.05) is 15.8 Å². The van der Waals surface area contributed by atoms with E-state index in [1.165, 1.54) is 12.1 Å². The van der Waals surface area contributed by atoms with Crippen LogP contribution in [0.4, 0.5) is 11.4 Å². The first-order valence-corrected chi connectivity index (χ1v) is 12.0. The zero-order valence-electron chi connectivity index (χ0n) is 17.1. The lowest BCUT2D eigenvalue weighted by Crippen LogP contribution is -2.32. The summed E-state index contributed by atoms with van der Waals surface area (Å²) in [6, 6.07) is 20.3. The van der Waals surface area contributed by atoms with Crippen molar-refractivity contribution in [3.8, 4) is 5.75 Å². The maximum absolute atomic E-state index is 12.6. The third-order valence-corrected chi connectivity index (χ3v) is 6.39. The highest BCUT2D eigenvalue weighted by Gasteiger charge is 2.19. The van der Waals surface area contributed by atoms with Crippen molar-refractivity contribution in [3.05, 3.63) is 82.8 Å². The zero-order valence-corrected chi connectivity index (χ0v) is 19.5.